The Bertz CT molecular complexity index is 543. The molecule has 0 atom stereocenters. The number of nitriles is 1. The first-order valence-corrected chi connectivity index (χ1v) is 8.36. The van der Waals surface area contributed by atoms with Crippen LogP contribution in [0.25, 0.3) is 0 Å². The number of benzene rings is 1. The highest BCUT2D eigenvalue weighted by molar-refractivity contribution is 6.35. The Morgan fingerprint density at radius 1 is 1.24 bits per heavy atom. The summed E-state index contributed by atoms with van der Waals surface area (Å²) in [5.74, 6) is 0.708. The molecule has 1 aliphatic rings. The summed E-state index contributed by atoms with van der Waals surface area (Å²) in [5, 5.41) is 11.0. The second-order valence-electron chi connectivity index (χ2n) is 7.44. The van der Waals surface area contributed by atoms with Crippen LogP contribution >= 0.6 is 23.2 Å². The summed E-state index contributed by atoms with van der Waals surface area (Å²) in [5.41, 5.74) is 1.11. The first kappa shape index (κ1) is 16.7. The van der Waals surface area contributed by atoms with Crippen molar-refractivity contribution in [2.75, 3.05) is 0 Å². The van der Waals surface area contributed by atoms with Crippen LogP contribution in [0.15, 0.2) is 18.2 Å². The lowest BCUT2D eigenvalue weighted by atomic mass is 9.63. The number of rotatable bonds is 2. The first-order valence-electron chi connectivity index (χ1n) is 7.61. The SMILES string of the molecule is CC(C)(C)C1CCC(C#N)(Cc2ccc(Cl)cc2Cl)CC1. The number of hydrogen-bond donors (Lipinski definition) is 0. The van der Waals surface area contributed by atoms with Gasteiger partial charge in [-0.15, -0.1) is 0 Å². The Kier molecular flexibility index (Phi) is 4.91. The van der Waals surface area contributed by atoms with E-state index in [1.165, 1.54) is 0 Å². The largest absolute Gasteiger partial charge is 0.198 e. The van der Waals surface area contributed by atoms with Gasteiger partial charge in [-0.1, -0.05) is 50.0 Å². The Hall–Kier alpha value is -0.710. The summed E-state index contributed by atoms with van der Waals surface area (Å²) < 4.78 is 0. The Labute approximate surface area is 138 Å². The molecule has 1 aromatic rings. The lowest BCUT2D eigenvalue weighted by Gasteiger charge is -2.40. The third-order valence-electron chi connectivity index (χ3n) is 4.95. The molecule has 0 amide bonds. The molecule has 0 heterocycles. The van der Waals surface area contributed by atoms with Gasteiger partial charge in [0.2, 0.25) is 0 Å². The maximum absolute atomic E-state index is 9.72. The van der Waals surface area contributed by atoms with E-state index in [0.29, 0.717) is 21.4 Å². The highest BCUT2D eigenvalue weighted by Gasteiger charge is 2.39. The molecule has 1 fully saturated rings. The van der Waals surface area contributed by atoms with Gasteiger partial charge in [0.1, 0.15) is 0 Å². The molecule has 114 valence electrons. The minimum Gasteiger partial charge on any atom is -0.198 e. The molecule has 0 radical (unpaired) electrons. The zero-order valence-electron chi connectivity index (χ0n) is 13.0. The topological polar surface area (TPSA) is 23.8 Å². The van der Waals surface area contributed by atoms with Gasteiger partial charge < -0.3 is 0 Å². The van der Waals surface area contributed by atoms with Gasteiger partial charge in [0.25, 0.3) is 0 Å². The molecular weight excluding hydrogens is 301 g/mol. The zero-order valence-corrected chi connectivity index (χ0v) is 14.6. The zero-order chi connectivity index (χ0) is 15.7. The van der Waals surface area contributed by atoms with Crippen molar-refractivity contribution in [3.63, 3.8) is 0 Å². The summed E-state index contributed by atoms with van der Waals surface area (Å²) in [4.78, 5) is 0. The van der Waals surface area contributed by atoms with E-state index in [-0.39, 0.29) is 5.41 Å². The highest BCUT2D eigenvalue weighted by atomic mass is 35.5. The first-order chi connectivity index (χ1) is 9.76. The second-order valence-corrected chi connectivity index (χ2v) is 8.29. The van der Waals surface area contributed by atoms with Crippen molar-refractivity contribution in [2.24, 2.45) is 16.7 Å². The molecule has 0 aromatic heterocycles. The quantitative estimate of drug-likeness (QED) is 0.628. The Morgan fingerprint density at radius 2 is 1.86 bits per heavy atom. The summed E-state index contributed by atoms with van der Waals surface area (Å²) in [6.07, 6.45) is 4.91. The smallest absolute Gasteiger partial charge is 0.0693 e. The summed E-state index contributed by atoms with van der Waals surface area (Å²) in [7, 11) is 0. The summed E-state index contributed by atoms with van der Waals surface area (Å²) in [6, 6.07) is 8.17. The molecule has 0 saturated heterocycles. The highest BCUT2D eigenvalue weighted by Crippen LogP contribution is 2.47. The van der Waals surface area contributed by atoms with E-state index in [1.807, 2.05) is 12.1 Å². The van der Waals surface area contributed by atoms with E-state index < -0.39 is 0 Å². The van der Waals surface area contributed by atoms with E-state index in [9.17, 15) is 5.26 Å². The van der Waals surface area contributed by atoms with Crippen LogP contribution in [0.4, 0.5) is 0 Å². The molecule has 1 saturated carbocycles. The Morgan fingerprint density at radius 3 is 2.33 bits per heavy atom. The van der Waals surface area contributed by atoms with Gasteiger partial charge in [0, 0.05) is 10.0 Å². The van der Waals surface area contributed by atoms with E-state index >= 15 is 0 Å². The van der Waals surface area contributed by atoms with Crippen molar-refractivity contribution in [1.29, 1.82) is 5.26 Å². The van der Waals surface area contributed by atoms with Crippen LogP contribution in [-0.2, 0) is 6.42 Å². The van der Waals surface area contributed by atoms with Crippen LogP contribution in [0, 0.1) is 28.1 Å². The van der Waals surface area contributed by atoms with Crippen molar-refractivity contribution in [1.82, 2.24) is 0 Å². The molecule has 1 aliphatic carbocycles. The summed E-state index contributed by atoms with van der Waals surface area (Å²) >= 11 is 12.2. The number of nitrogens with zero attached hydrogens (tertiary/aromatic N) is 1. The van der Waals surface area contributed by atoms with Crippen molar-refractivity contribution in [3.8, 4) is 6.07 Å². The Balaban J connectivity index is 2.12. The molecule has 1 aromatic carbocycles. The third-order valence-corrected chi connectivity index (χ3v) is 5.54. The van der Waals surface area contributed by atoms with Gasteiger partial charge in [-0.3, -0.25) is 0 Å². The van der Waals surface area contributed by atoms with Crippen molar-refractivity contribution in [3.05, 3.63) is 33.8 Å². The number of halogens is 2. The predicted molar refractivity (Wildman–Crippen MR) is 89.6 cm³/mol. The van der Waals surface area contributed by atoms with Crippen LogP contribution in [0.1, 0.15) is 52.0 Å². The van der Waals surface area contributed by atoms with E-state index in [0.717, 1.165) is 37.7 Å². The molecular formula is C18H23Cl2N. The van der Waals surface area contributed by atoms with E-state index in [1.54, 1.807) is 6.07 Å². The number of hydrogen-bond acceptors (Lipinski definition) is 1. The molecule has 1 nitrogen and oxygen atoms in total. The van der Waals surface area contributed by atoms with Crippen LogP contribution < -0.4 is 0 Å². The van der Waals surface area contributed by atoms with Crippen LogP contribution in [0.3, 0.4) is 0 Å². The average Bonchev–Trinajstić information content (AvgIpc) is 2.41. The standard InChI is InChI=1S/C18H23Cl2N/c1-17(2,3)14-6-8-18(12-21,9-7-14)11-13-4-5-15(19)10-16(13)20/h4-5,10,14H,6-9,11H2,1-3H3. The average molecular weight is 324 g/mol. The van der Waals surface area contributed by atoms with Crippen LogP contribution in [0.5, 0.6) is 0 Å². The van der Waals surface area contributed by atoms with Crippen molar-refractivity contribution >= 4 is 23.2 Å². The second kappa shape index (κ2) is 6.19. The van der Waals surface area contributed by atoms with E-state index in [4.69, 9.17) is 23.2 Å². The fourth-order valence-electron chi connectivity index (χ4n) is 3.39. The van der Waals surface area contributed by atoms with Gasteiger partial charge >= 0.3 is 0 Å². The lowest BCUT2D eigenvalue weighted by molar-refractivity contribution is 0.120. The molecule has 0 aliphatic heterocycles. The van der Waals surface area contributed by atoms with Gasteiger partial charge in [0.05, 0.1) is 11.5 Å². The van der Waals surface area contributed by atoms with Crippen molar-refractivity contribution < 1.29 is 0 Å². The fraction of sp³-hybridized carbons (Fsp3) is 0.611. The minimum atomic E-state index is -0.265. The molecule has 0 bridgehead atoms. The maximum Gasteiger partial charge on any atom is 0.0693 e. The molecule has 0 N–H and O–H groups in total. The van der Waals surface area contributed by atoms with Crippen LogP contribution in [-0.4, -0.2) is 0 Å². The summed E-state index contributed by atoms with van der Waals surface area (Å²) in [6.45, 7) is 6.90. The van der Waals surface area contributed by atoms with Crippen LogP contribution in [0.2, 0.25) is 10.0 Å². The molecule has 0 spiro atoms. The molecule has 2 rings (SSSR count). The van der Waals surface area contributed by atoms with E-state index in [2.05, 4.69) is 26.8 Å². The maximum atomic E-state index is 9.72. The van der Waals surface area contributed by atoms with Gasteiger partial charge in [-0.05, 0) is 61.1 Å². The predicted octanol–water partition coefficient (Wildman–Crippen LogP) is 6.28. The van der Waals surface area contributed by atoms with Crippen molar-refractivity contribution in [2.45, 2.75) is 52.9 Å². The lowest BCUT2D eigenvalue weighted by Crippen LogP contribution is -2.33. The molecule has 3 heteroatoms. The molecule has 0 unspecified atom stereocenters. The third kappa shape index (κ3) is 3.93. The normalized spacial score (nSPS) is 26.4. The van der Waals surface area contributed by atoms with Gasteiger partial charge in [0.15, 0.2) is 0 Å². The van der Waals surface area contributed by atoms with Gasteiger partial charge in [-0.25, -0.2) is 0 Å². The fourth-order valence-corrected chi connectivity index (χ4v) is 3.87. The minimum absolute atomic E-state index is 0.265. The molecule has 21 heavy (non-hydrogen) atoms. The van der Waals surface area contributed by atoms with Gasteiger partial charge in [-0.2, -0.15) is 5.26 Å². The monoisotopic (exact) mass is 323 g/mol.